The number of aliphatic imine (C=N–C) groups is 1. The molecule has 2 N–H and O–H groups in total. The second-order valence-electron chi connectivity index (χ2n) is 6.56. The fraction of sp³-hybridized carbons (Fsp3) is 0.933. The third kappa shape index (κ3) is 7.28. The molecule has 0 aromatic carbocycles. The van der Waals surface area contributed by atoms with Gasteiger partial charge in [-0.05, 0) is 25.2 Å². The summed E-state index contributed by atoms with van der Waals surface area (Å²) in [5, 5.41) is 6.18. The highest BCUT2D eigenvalue weighted by Crippen LogP contribution is 2.28. The van der Waals surface area contributed by atoms with Gasteiger partial charge in [-0.3, -0.25) is 4.99 Å². The number of sulfonamides is 1. The molecular formula is C15H29F3N4O3S. The van der Waals surface area contributed by atoms with E-state index in [1.54, 1.807) is 7.05 Å². The first-order valence-electron chi connectivity index (χ1n) is 8.69. The van der Waals surface area contributed by atoms with Gasteiger partial charge in [0, 0.05) is 39.3 Å². The van der Waals surface area contributed by atoms with Crippen LogP contribution in [0.2, 0.25) is 0 Å². The van der Waals surface area contributed by atoms with Crippen LogP contribution in [0, 0.1) is 5.92 Å². The molecule has 7 nitrogen and oxygen atoms in total. The summed E-state index contributed by atoms with van der Waals surface area (Å²) in [7, 11) is -3.65. The summed E-state index contributed by atoms with van der Waals surface area (Å²) >= 11 is 0. The van der Waals surface area contributed by atoms with E-state index in [0.29, 0.717) is 35.9 Å². The van der Waals surface area contributed by atoms with Crippen molar-refractivity contribution in [2.45, 2.75) is 44.7 Å². The van der Waals surface area contributed by atoms with Gasteiger partial charge in [-0.25, -0.2) is 8.42 Å². The standard InChI is InChI=1S/C15H29F3N4O3S/c1-12(2)6-10-25-11-7-20-14(19-3)21-13-4-8-22(9-5-13)26(23,24)15(16,17)18/h12-13H,4-11H2,1-3H3,(H2,19,20,21). The van der Waals surface area contributed by atoms with Crippen LogP contribution in [0.3, 0.4) is 0 Å². The zero-order valence-corrected chi connectivity index (χ0v) is 16.3. The molecule has 0 atom stereocenters. The number of nitrogens with zero attached hydrogens (tertiary/aromatic N) is 2. The Labute approximate surface area is 153 Å². The second kappa shape index (κ2) is 10.3. The molecule has 154 valence electrons. The highest BCUT2D eigenvalue weighted by molar-refractivity contribution is 7.90. The molecular weight excluding hydrogens is 373 g/mol. The fourth-order valence-electron chi connectivity index (χ4n) is 2.44. The van der Waals surface area contributed by atoms with E-state index in [-0.39, 0.29) is 32.0 Å². The first-order valence-corrected chi connectivity index (χ1v) is 10.1. The van der Waals surface area contributed by atoms with Gasteiger partial charge < -0.3 is 15.4 Å². The predicted octanol–water partition coefficient (Wildman–Crippen LogP) is 1.53. The normalized spacial score (nSPS) is 18.3. The molecule has 0 aliphatic carbocycles. The molecule has 0 aromatic rings. The van der Waals surface area contributed by atoms with Gasteiger partial charge in [-0.15, -0.1) is 0 Å². The molecule has 0 saturated carbocycles. The van der Waals surface area contributed by atoms with Crippen LogP contribution in [0.25, 0.3) is 0 Å². The van der Waals surface area contributed by atoms with Crippen molar-refractivity contribution in [1.29, 1.82) is 0 Å². The number of alkyl halides is 3. The van der Waals surface area contributed by atoms with E-state index in [9.17, 15) is 21.6 Å². The molecule has 1 aliphatic heterocycles. The summed E-state index contributed by atoms with van der Waals surface area (Å²) in [5.74, 6) is 1.11. The maximum atomic E-state index is 12.6. The van der Waals surface area contributed by atoms with Crippen molar-refractivity contribution in [1.82, 2.24) is 14.9 Å². The largest absolute Gasteiger partial charge is 0.511 e. The summed E-state index contributed by atoms with van der Waals surface area (Å²) in [5.41, 5.74) is -5.25. The lowest BCUT2D eigenvalue weighted by Crippen LogP contribution is -2.51. The van der Waals surface area contributed by atoms with E-state index < -0.39 is 15.5 Å². The van der Waals surface area contributed by atoms with Crippen molar-refractivity contribution >= 4 is 16.0 Å². The van der Waals surface area contributed by atoms with Gasteiger partial charge in [0.05, 0.1) is 6.61 Å². The van der Waals surface area contributed by atoms with Crippen LogP contribution < -0.4 is 10.6 Å². The number of hydrogen-bond acceptors (Lipinski definition) is 4. The highest BCUT2D eigenvalue weighted by atomic mass is 32.2. The van der Waals surface area contributed by atoms with E-state index in [1.807, 2.05) is 0 Å². The minimum Gasteiger partial charge on any atom is -0.380 e. The lowest BCUT2D eigenvalue weighted by molar-refractivity contribution is -0.0494. The van der Waals surface area contributed by atoms with Gasteiger partial charge in [-0.1, -0.05) is 13.8 Å². The number of ether oxygens (including phenoxy) is 1. The maximum absolute atomic E-state index is 12.6. The van der Waals surface area contributed by atoms with Gasteiger partial charge in [0.25, 0.3) is 0 Å². The highest BCUT2D eigenvalue weighted by Gasteiger charge is 2.50. The van der Waals surface area contributed by atoms with Crippen LogP contribution in [-0.4, -0.2) is 70.1 Å². The lowest BCUT2D eigenvalue weighted by atomic mass is 10.1. The van der Waals surface area contributed by atoms with Gasteiger partial charge in [-0.2, -0.15) is 17.5 Å². The van der Waals surface area contributed by atoms with Crippen molar-refractivity contribution < 1.29 is 26.3 Å². The van der Waals surface area contributed by atoms with Crippen LogP contribution in [0.15, 0.2) is 4.99 Å². The van der Waals surface area contributed by atoms with E-state index in [0.717, 1.165) is 6.42 Å². The first kappa shape index (κ1) is 23.0. The Morgan fingerprint density at radius 3 is 2.38 bits per heavy atom. The topological polar surface area (TPSA) is 83.0 Å². The summed E-state index contributed by atoms with van der Waals surface area (Å²) < 4.78 is 66.5. The van der Waals surface area contributed by atoms with Gasteiger partial charge in [0.1, 0.15) is 0 Å². The Morgan fingerprint density at radius 2 is 1.88 bits per heavy atom. The maximum Gasteiger partial charge on any atom is 0.511 e. The SMILES string of the molecule is CN=C(NCCOCCC(C)C)NC1CCN(S(=O)(=O)C(F)(F)F)CC1. The van der Waals surface area contributed by atoms with E-state index in [2.05, 4.69) is 29.5 Å². The minimum absolute atomic E-state index is 0.136. The van der Waals surface area contributed by atoms with Crippen molar-refractivity contribution in [2.75, 3.05) is 39.9 Å². The van der Waals surface area contributed by atoms with Crippen LogP contribution in [0.5, 0.6) is 0 Å². The van der Waals surface area contributed by atoms with E-state index in [4.69, 9.17) is 4.74 Å². The molecule has 1 rings (SSSR count). The summed E-state index contributed by atoms with van der Waals surface area (Å²) in [6.07, 6.45) is 1.55. The van der Waals surface area contributed by atoms with Gasteiger partial charge >= 0.3 is 15.5 Å². The van der Waals surface area contributed by atoms with Crippen molar-refractivity contribution in [3.8, 4) is 0 Å². The van der Waals surface area contributed by atoms with Gasteiger partial charge in [0.15, 0.2) is 5.96 Å². The second-order valence-corrected chi connectivity index (χ2v) is 8.49. The number of halogens is 3. The smallest absolute Gasteiger partial charge is 0.380 e. The number of hydrogen-bond donors (Lipinski definition) is 2. The molecule has 1 aliphatic rings. The molecule has 0 spiro atoms. The average molecular weight is 402 g/mol. The Bertz CT molecular complexity index is 545. The third-order valence-electron chi connectivity index (χ3n) is 4.03. The van der Waals surface area contributed by atoms with E-state index in [1.165, 1.54) is 0 Å². The molecule has 0 unspecified atom stereocenters. The number of rotatable bonds is 8. The lowest BCUT2D eigenvalue weighted by Gasteiger charge is -2.32. The molecule has 1 saturated heterocycles. The third-order valence-corrected chi connectivity index (χ3v) is 5.66. The van der Waals surface area contributed by atoms with Crippen molar-refractivity contribution in [2.24, 2.45) is 10.9 Å². The first-order chi connectivity index (χ1) is 12.1. The molecule has 0 radical (unpaired) electrons. The van der Waals surface area contributed by atoms with Gasteiger partial charge in [0.2, 0.25) is 0 Å². The monoisotopic (exact) mass is 402 g/mol. The molecule has 0 bridgehead atoms. The summed E-state index contributed by atoms with van der Waals surface area (Å²) in [6.45, 7) is 5.67. The molecule has 0 amide bonds. The molecule has 1 heterocycles. The Kier molecular flexibility index (Phi) is 9.11. The van der Waals surface area contributed by atoms with Crippen LogP contribution in [0.4, 0.5) is 13.2 Å². The predicted molar refractivity (Wildman–Crippen MR) is 94.3 cm³/mol. The van der Waals surface area contributed by atoms with Crippen LogP contribution in [0.1, 0.15) is 33.1 Å². The summed E-state index contributed by atoms with van der Waals surface area (Å²) in [4.78, 5) is 4.06. The van der Waals surface area contributed by atoms with Crippen LogP contribution in [-0.2, 0) is 14.8 Å². The van der Waals surface area contributed by atoms with E-state index >= 15 is 0 Å². The van der Waals surface area contributed by atoms with Crippen LogP contribution >= 0.6 is 0 Å². The Morgan fingerprint density at radius 1 is 1.27 bits per heavy atom. The molecule has 0 aromatic heterocycles. The minimum atomic E-state index is -5.25. The average Bonchev–Trinajstić information content (AvgIpc) is 2.56. The van der Waals surface area contributed by atoms with Crippen molar-refractivity contribution in [3.63, 3.8) is 0 Å². The summed E-state index contributed by atoms with van der Waals surface area (Å²) in [6, 6.07) is -0.136. The zero-order chi connectivity index (χ0) is 19.8. The van der Waals surface area contributed by atoms with Crippen molar-refractivity contribution in [3.05, 3.63) is 0 Å². The Hall–Kier alpha value is -1.07. The Balaban J connectivity index is 2.32. The molecule has 11 heteroatoms. The number of piperidine rings is 1. The number of guanidine groups is 1. The number of nitrogens with one attached hydrogen (secondary N) is 2. The fourth-order valence-corrected chi connectivity index (χ4v) is 3.42. The quantitative estimate of drug-likeness (QED) is 0.366. The zero-order valence-electron chi connectivity index (χ0n) is 15.5. The molecule has 1 fully saturated rings. The molecule has 26 heavy (non-hydrogen) atoms.